The molecule has 1 heterocycles. The van der Waals surface area contributed by atoms with E-state index in [1.54, 1.807) is 4.90 Å². The Balaban J connectivity index is 2.46. The number of nitro groups is 1. The first kappa shape index (κ1) is 22.8. The van der Waals surface area contributed by atoms with Crippen molar-refractivity contribution < 1.29 is 14.5 Å². The number of nitro benzene ring substituents is 1. The van der Waals surface area contributed by atoms with Crippen molar-refractivity contribution in [1.82, 2.24) is 9.47 Å². The van der Waals surface area contributed by atoms with Crippen LogP contribution >= 0.6 is 0 Å². The van der Waals surface area contributed by atoms with Crippen LogP contribution in [0.5, 0.6) is 0 Å². The van der Waals surface area contributed by atoms with Crippen LogP contribution in [0.4, 0.5) is 11.4 Å². The van der Waals surface area contributed by atoms with Gasteiger partial charge in [0.1, 0.15) is 5.69 Å². The normalized spacial score (nSPS) is 10.9. The lowest BCUT2D eigenvalue weighted by Gasteiger charge is -2.31. The molecule has 1 aromatic heterocycles. The van der Waals surface area contributed by atoms with Gasteiger partial charge in [0.05, 0.1) is 10.5 Å². The van der Waals surface area contributed by atoms with Gasteiger partial charge in [-0.3, -0.25) is 24.5 Å². The summed E-state index contributed by atoms with van der Waals surface area (Å²) in [7, 11) is 1.49. The van der Waals surface area contributed by atoms with E-state index in [-0.39, 0.29) is 46.1 Å². The summed E-state index contributed by atoms with van der Waals surface area (Å²) >= 11 is 0. The molecule has 9 heteroatoms. The standard InChI is InChI=1S/C21H26N4O5/c1-12(2)24(13(3)4)20(27)15-10-17(21(28)23(6)11-15)22-19(26)16-8-7-9-18(14(16)5)25(29)30/h7-13H,1-6H3,(H,22,26). The minimum atomic E-state index is -0.664. The first-order valence-corrected chi connectivity index (χ1v) is 9.54. The first-order valence-electron chi connectivity index (χ1n) is 9.54. The number of pyridine rings is 1. The Morgan fingerprint density at radius 1 is 1.17 bits per heavy atom. The van der Waals surface area contributed by atoms with E-state index in [1.807, 2.05) is 27.7 Å². The van der Waals surface area contributed by atoms with Gasteiger partial charge in [0, 0.05) is 42.5 Å². The van der Waals surface area contributed by atoms with Crippen LogP contribution in [0, 0.1) is 17.0 Å². The zero-order valence-electron chi connectivity index (χ0n) is 17.9. The van der Waals surface area contributed by atoms with Crippen LogP contribution in [0.3, 0.4) is 0 Å². The van der Waals surface area contributed by atoms with E-state index in [9.17, 15) is 24.5 Å². The van der Waals surface area contributed by atoms with Gasteiger partial charge in [0.15, 0.2) is 0 Å². The highest BCUT2D eigenvalue weighted by atomic mass is 16.6. The monoisotopic (exact) mass is 414 g/mol. The molecule has 0 saturated carbocycles. The average Bonchev–Trinajstić information content (AvgIpc) is 2.64. The molecule has 1 N–H and O–H groups in total. The van der Waals surface area contributed by atoms with Gasteiger partial charge in [-0.15, -0.1) is 0 Å². The second-order valence-electron chi connectivity index (χ2n) is 7.62. The Hall–Kier alpha value is -3.49. The number of hydrogen-bond donors (Lipinski definition) is 1. The molecule has 0 radical (unpaired) electrons. The fraction of sp³-hybridized carbons (Fsp3) is 0.381. The average molecular weight is 414 g/mol. The number of aryl methyl sites for hydroxylation is 1. The molecule has 30 heavy (non-hydrogen) atoms. The molecule has 0 atom stereocenters. The van der Waals surface area contributed by atoms with Crippen molar-refractivity contribution in [3.63, 3.8) is 0 Å². The summed E-state index contributed by atoms with van der Waals surface area (Å²) in [5.41, 5.74) is -0.242. The van der Waals surface area contributed by atoms with Gasteiger partial charge in [-0.05, 0) is 46.8 Å². The minimum Gasteiger partial charge on any atom is -0.334 e. The van der Waals surface area contributed by atoms with Gasteiger partial charge in [0.2, 0.25) is 0 Å². The molecule has 0 bridgehead atoms. The van der Waals surface area contributed by atoms with Crippen LogP contribution < -0.4 is 10.9 Å². The van der Waals surface area contributed by atoms with E-state index >= 15 is 0 Å². The SMILES string of the molecule is Cc1c(C(=O)Nc2cc(C(=O)N(C(C)C)C(C)C)cn(C)c2=O)cccc1[N+](=O)[O-]. The van der Waals surface area contributed by atoms with Gasteiger partial charge >= 0.3 is 0 Å². The Labute approximate surface area is 174 Å². The largest absolute Gasteiger partial charge is 0.334 e. The zero-order valence-corrected chi connectivity index (χ0v) is 17.9. The molecule has 0 saturated heterocycles. The highest BCUT2D eigenvalue weighted by Gasteiger charge is 2.24. The maximum absolute atomic E-state index is 13.0. The van der Waals surface area contributed by atoms with Gasteiger partial charge in [-0.1, -0.05) is 6.07 Å². The number of hydrogen-bond acceptors (Lipinski definition) is 5. The smallest absolute Gasteiger partial charge is 0.274 e. The van der Waals surface area contributed by atoms with Gasteiger partial charge < -0.3 is 14.8 Å². The number of rotatable bonds is 6. The molecule has 2 rings (SSSR count). The fourth-order valence-corrected chi connectivity index (χ4v) is 3.39. The van der Waals surface area contributed by atoms with Crippen molar-refractivity contribution in [2.24, 2.45) is 7.05 Å². The number of aromatic nitrogens is 1. The number of carbonyl (C=O) groups is 2. The first-order chi connectivity index (χ1) is 14.0. The minimum absolute atomic E-state index is 0.0553. The lowest BCUT2D eigenvalue weighted by Crippen LogP contribution is -2.42. The van der Waals surface area contributed by atoms with Crippen molar-refractivity contribution in [3.8, 4) is 0 Å². The maximum atomic E-state index is 13.0. The van der Waals surface area contributed by atoms with E-state index in [1.165, 1.54) is 49.0 Å². The maximum Gasteiger partial charge on any atom is 0.274 e. The molecule has 0 aliphatic heterocycles. The molecule has 2 aromatic rings. The van der Waals surface area contributed by atoms with E-state index < -0.39 is 16.4 Å². The van der Waals surface area contributed by atoms with Crippen LogP contribution in [0.25, 0.3) is 0 Å². The molecule has 0 aliphatic rings. The quantitative estimate of drug-likeness (QED) is 0.576. The number of carbonyl (C=O) groups excluding carboxylic acids is 2. The third kappa shape index (κ3) is 4.56. The number of anilines is 1. The number of amides is 2. The zero-order chi connectivity index (χ0) is 22.7. The van der Waals surface area contributed by atoms with Gasteiger partial charge in [0.25, 0.3) is 23.1 Å². The molecular weight excluding hydrogens is 388 g/mol. The van der Waals surface area contributed by atoms with Crippen LogP contribution in [-0.2, 0) is 7.05 Å². The molecule has 0 fully saturated rings. The lowest BCUT2D eigenvalue weighted by atomic mass is 10.1. The molecule has 1 aromatic carbocycles. The molecular formula is C21H26N4O5. The number of nitrogens with zero attached hydrogens (tertiary/aromatic N) is 3. The summed E-state index contributed by atoms with van der Waals surface area (Å²) in [5, 5.41) is 13.6. The predicted octanol–water partition coefficient (Wildman–Crippen LogP) is 3.11. The molecule has 0 aliphatic carbocycles. The number of benzene rings is 1. The van der Waals surface area contributed by atoms with Crippen LogP contribution in [0.1, 0.15) is 54.0 Å². The van der Waals surface area contributed by atoms with E-state index in [0.29, 0.717) is 0 Å². The van der Waals surface area contributed by atoms with E-state index in [2.05, 4.69) is 5.32 Å². The van der Waals surface area contributed by atoms with Crippen molar-refractivity contribution in [2.75, 3.05) is 5.32 Å². The van der Waals surface area contributed by atoms with Gasteiger partial charge in [-0.25, -0.2) is 0 Å². The molecule has 0 spiro atoms. The third-order valence-corrected chi connectivity index (χ3v) is 4.77. The van der Waals surface area contributed by atoms with E-state index in [0.717, 1.165) is 0 Å². The molecule has 9 nitrogen and oxygen atoms in total. The fourth-order valence-electron chi connectivity index (χ4n) is 3.39. The number of nitrogens with one attached hydrogen (secondary N) is 1. The summed E-state index contributed by atoms with van der Waals surface area (Å²) in [6, 6.07) is 5.38. The Bertz CT molecular complexity index is 1050. The highest BCUT2D eigenvalue weighted by molar-refractivity contribution is 6.06. The topological polar surface area (TPSA) is 115 Å². The summed E-state index contributed by atoms with van der Waals surface area (Å²) in [6.45, 7) is 9.05. The summed E-state index contributed by atoms with van der Waals surface area (Å²) in [5.74, 6) is -0.930. The second kappa shape index (κ2) is 8.89. The van der Waals surface area contributed by atoms with Crippen molar-refractivity contribution in [3.05, 3.63) is 67.6 Å². The molecule has 0 unspecified atom stereocenters. The lowest BCUT2D eigenvalue weighted by molar-refractivity contribution is -0.385. The Morgan fingerprint density at radius 3 is 2.30 bits per heavy atom. The highest BCUT2D eigenvalue weighted by Crippen LogP contribution is 2.22. The van der Waals surface area contributed by atoms with Crippen molar-refractivity contribution in [1.29, 1.82) is 0 Å². The second-order valence-corrected chi connectivity index (χ2v) is 7.62. The Morgan fingerprint density at radius 2 is 1.77 bits per heavy atom. The Kier molecular flexibility index (Phi) is 6.76. The van der Waals surface area contributed by atoms with Crippen LogP contribution in [0.2, 0.25) is 0 Å². The van der Waals surface area contributed by atoms with Crippen molar-refractivity contribution >= 4 is 23.2 Å². The van der Waals surface area contributed by atoms with Crippen LogP contribution in [0.15, 0.2) is 35.3 Å². The molecule has 160 valence electrons. The van der Waals surface area contributed by atoms with Crippen molar-refractivity contribution in [2.45, 2.75) is 46.7 Å². The van der Waals surface area contributed by atoms with Gasteiger partial charge in [-0.2, -0.15) is 0 Å². The predicted molar refractivity (Wildman–Crippen MR) is 114 cm³/mol. The summed E-state index contributed by atoms with van der Waals surface area (Å²) < 4.78 is 1.22. The summed E-state index contributed by atoms with van der Waals surface area (Å²) in [6.07, 6.45) is 1.43. The third-order valence-electron chi connectivity index (χ3n) is 4.77. The molecule has 2 amide bonds. The van der Waals surface area contributed by atoms with E-state index in [4.69, 9.17) is 0 Å². The summed E-state index contributed by atoms with van der Waals surface area (Å²) in [4.78, 5) is 50.5. The van der Waals surface area contributed by atoms with Crippen LogP contribution in [-0.4, -0.2) is 38.3 Å².